The third-order valence-corrected chi connectivity index (χ3v) is 3.73. The summed E-state index contributed by atoms with van der Waals surface area (Å²) in [6, 6.07) is 0.593. The quantitative estimate of drug-likeness (QED) is 0.818. The Balaban J connectivity index is 2.41. The lowest BCUT2D eigenvalue weighted by atomic mass is 9.84. The van der Waals surface area contributed by atoms with E-state index in [1.54, 1.807) is 0 Å². The number of ether oxygens (including phenoxy) is 1. The Morgan fingerprint density at radius 2 is 1.78 bits per heavy atom. The van der Waals surface area contributed by atoms with E-state index in [0.717, 1.165) is 19.6 Å². The smallest absolute Gasteiger partial charge is 0.0678 e. The molecule has 3 nitrogen and oxygen atoms in total. The largest absolute Gasteiger partial charge is 0.373 e. The molecule has 0 amide bonds. The van der Waals surface area contributed by atoms with Crippen LogP contribution in [0.1, 0.15) is 48.0 Å². The van der Waals surface area contributed by atoms with Gasteiger partial charge in [-0.3, -0.25) is 4.90 Å². The van der Waals surface area contributed by atoms with E-state index in [1.807, 2.05) is 0 Å². The Hall–Kier alpha value is -0.120. The molecule has 0 saturated carbocycles. The van der Waals surface area contributed by atoms with Crippen molar-refractivity contribution in [1.29, 1.82) is 0 Å². The van der Waals surface area contributed by atoms with Crippen LogP contribution in [0.25, 0.3) is 0 Å². The molecule has 0 spiro atoms. The Morgan fingerprint density at radius 1 is 1.22 bits per heavy atom. The van der Waals surface area contributed by atoms with E-state index < -0.39 is 0 Å². The van der Waals surface area contributed by atoms with E-state index in [-0.39, 0.29) is 0 Å². The zero-order valence-electron chi connectivity index (χ0n) is 13.1. The highest BCUT2D eigenvalue weighted by Gasteiger charge is 2.26. The maximum Gasteiger partial charge on any atom is 0.0678 e. The van der Waals surface area contributed by atoms with E-state index in [1.165, 1.54) is 13.0 Å². The molecule has 0 radical (unpaired) electrons. The molecular formula is C15H32N2O. The first-order chi connectivity index (χ1) is 8.32. The average molecular weight is 256 g/mol. The highest BCUT2D eigenvalue weighted by atomic mass is 16.5. The number of nitrogens with zero attached hydrogens (tertiary/aromatic N) is 1. The van der Waals surface area contributed by atoms with Crippen LogP contribution in [0, 0.1) is 5.41 Å². The van der Waals surface area contributed by atoms with Gasteiger partial charge in [-0.15, -0.1) is 0 Å². The van der Waals surface area contributed by atoms with Crippen LogP contribution in [0.4, 0.5) is 0 Å². The maximum absolute atomic E-state index is 5.78. The fourth-order valence-electron chi connectivity index (χ4n) is 2.87. The van der Waals surface area contributed by atoms with E-state index in [0.29, 0.717) is 23.7 Å². The molecule has 0 aromatic rings. The highest BCUT2D eigenvalue weighted by molar-refractivity contribution is 4.82. The molecule has 1 aliphatic heterocycles. The number of morpholine rings is 1. The van der Waals surface area contributed by atoms with Gasteiger partial charge in [0.15, 0.2) is 0 Å². The Bertz CT molecular complexity index is 227. The highest BCUT2D eigenvalue weighted by Crippen LogP contribution is 2.22. The fraction of sp³-hybridized carbons (Fsp3) is 1.00. The third-order valence-electron chi connectivity index (χ3n) is 3.73. The minimum atomic E-state index is 0.333. The molecule has 0 bridgehead atoms. The van der Waals surface area contributed by atoms with Gasteiger partial charge in [0.05, 0.1) is 12.2 Å². The van der Waals surface area contributed by atoms with Gasteiger partial charge < -0.3 is 10.1 Å². The predicted octanol–water partition coefficient (Wildman–Crippen LogP) is 2.51. The number of hydrogen-bond acceptors (Lipinski definition) is 3. The van der Waals surface area contributed by atoms with Crippen LogP contribution in [0.5, 0.6) is 0 Å². The molecule has 0 aliphatic carbocycles. The van der Waals surface area contributed by atoms with Crippen molar-refractivity contribution in [1.82, 2.24) is 10.2 Å². The lowest BCUT2D eigenvalue weighted by molar-refractivity contribution is -0.0691. The van der Waals surface area contributed by atoms with Crippen LogP contribution in [0.15, 0.2) is 0 Å². The van der Waals surface area contributed by atoms with E-state index in [9.17, 15) is 0 Å². The van der Waals surface area contributed by atoms with Crippen LogP contribution in [-0.4, -0.2) is 49.3 Å². The van der Waals surface area contributed by atoms with Gasteiger partial charge >= 0.3 is 0 Å². The third kappa shape index (κ3) is 5.25. The van der Waals surface area contributed by atoms with Gasteiger partial charge in [-0.1, -0.05) is 27.7 Å². The van der Waals surface area contributed by atoms with Gasteiger partial charge in [0, 0.05) is 19.1 Å². The monoisotopic (exact) mass is 256 g/mol. The van der Waals surface area contributed by atoms with Gasteiger partial charge in [-0.2, -0.15) is 0 Å². The molecule has 1 heterocycles. The van der Waals surface area contributed by atoms with Crippen molar-refractivity contribution < 1.29 is 4.74 Å². The molecule has 1 aliphatic rings. The first-order valence-corrected chi connectivity index (χ1v) is 7.44. The van der Waals surface area contributed by atoms with Crippen molar-refractivity contribution in [3.8, 4) is 0 Å². The summed E-state index contributed by atoms with van der Waals surface area (Å²) < 4.78 is 5.78. The number of rotatable bonds is 5. The van der Waals surface area contributed by atoms with Crippen molar-refractivity contribution in [2.45, 2.75) is 66.2 Å². The predicted molar refractivity (Wildman–Crippen MR) is 78.0 cm³/mol. The van der Waals surface area contributed by atoms with Crippen molar-refractivity contribution in [3.05, 3.63) is 0 Å². The molecule has 108 valence electrons. The SMILES string of the molecule is CCNC(CCN1C[C@@H](C)O[C@@H](C)C1)C(C)(C)C. The molecule has 3 atom stereocenters. The second kappa shape index (κ2) is 6.88. The Morgan fingerprint density at radius 3 is 2.22 bits per heavy atom. The molecule has 1 unspecified atom stereocenters. The fourth-order valence-corrected chi connectivity index (χ4v) is 2.87. The Kier molecular flexibility index (Phi) is 6.09. The molecule has 3 heteroatoms. The standard InChI is InChI=1S/C15H32N2O/c1-7-16-14(15(4,5)6)8-9-17-10-12(2)18-13(3)11-17/h12-14,16H,7-11H2,1-6H3/t12-,13+,14?. The number of hydrogen-bond donors (Lipinski definition) is 1. The van der Waals surface area contributed by atoms with E-state index in [4.69, 9.17) is 4.74 Å². The van der Waals surface area contributed by atoms with Crippen molar-refractivity contribution >= 4 is 0 Å². The minimum absolute atomic E-state index is 0.333. The van der Waals surface area contributed by atoms with Crippen LogP contribution >= 0.6 is 0 Å². The minimum Gasteiger partial charge on any atom is -0.373 e. The maximum atomic E-state index is 5.78. The Labute approximate surface area is 113 Å². The lowest BCUT2D eigenvalue weighted by Crippen LogP contribution is -2.48. The second-order valence-electron chi connectivity index (χ2n) is 6.78. The molecule has 0 aromatic heterocycles. The van der Waals surface area contributed by atoms with Gasteiger partial charge in [0.2, 0.25) is 0 Å². The van der Waals surface area contributed by atoms with Crippen molar-refractivity contribution in [2.75, 3.05) is 26.2 Å². The van der Waals surface area contributed by atoms with Gasteiger partial charge in [0.1, 0.15) is 0 Å². The summed E-state index contributed by atoms with van der Waals surface area (Å²) in [7, 11) is 0. The topological polar surface area (TPSA) is 24.5 Å². The molecule has 0 aromatic carbocycles. The molecule has 1 fully saturated rings. The summed E-state index contributed by atoms with van der Waals surface area (Å²) in [5.74, 6) is 0. The van der Waals surface area contributed by atoms with Crippen LogP contribution in [0.2, 0.25) is 0 Å². The van der Waals surface area contributed by atoms with Crippen LogP contribution in [-0.2, 0) is 4.74 Å². The van der Waals surface area contributed by atoms with E-state index in [2.05, 4.69) is 51.8 Å². The molecule has 1 rings (SSSR count). The average Bonchev–Trinajstić information content (AvgIpc) is 2.21. The van der Waals surface area contributed by atoms with Crippen molar-refractivity contribution in [3.63, 3.8) is 0 Å². The molecule has 1 saturated heterocycles. The first-order valence-electron chi connectivity index (χ1n) is 7.44. The zero-order valence-corrected chi connectivity index (χ0v) is 13.1. The van der Waals surface area contributed by atoms with Gasteiger partial charge in [-0.05, 0) is 38.8 Å². The first kappa shape index (κ1) is 15.9. The molecular weight excluding hydrogens is 224 g/mol. The van der Waals surface area contributed by atoms with Crippen LogP contribution < -0.4 is 5.32 Å². The summed E-state index contributed by atoms with van der Waals surface area (Å²) in [5, 5.41) is 3.63. The summed E-state index contributed by atoms with van der Waals surface area (Å²) in [5.41, 5.74) is 0.333. The second-order valence-corrected chi connectivity index (χ2v) is 6.78. The van der Waals surface area contributed by atoms with Gasteiger partial charge in [0.25, 0.3) is 0 Å². The van der Waals surface area contributed by atoms with Crippen molar-refractivity contribution in [2.24, 2.45) is 5.41 Å². The molecule has 1 N–H and O–H groups in total. The van der Waals surface area contributed by atoms with Crippen LogP contribution in [0.3, 0.4) is 0 Å². The molecule has 18 heavy (non-hydrogen) atoms. The van der Waals surface area contributed by atoms with E-state index >= 15 is 0 Å². The summed E-state index contributed by atoms with van der Waals surface area (Å²) >= 11 is 0. The van der Waals surface area contributed by atoms with Gasteiger partial charge in [-0.25, -0.2) is 0 Å². The summed E-state index contributed by atoms with van der Waals surface area (Å²) in [6.45, 7) is 17.9. The summed E-state index contributed by atoms with van der Waals surface area (Å²) in [4.78, 5) is 2.55. The normalized spacial score (nSPS) is 28.3. The zero-order chi connectivity index (χ0) is 13.8. The lowest BCUT2D eigenvalue weighted by Gasteiger charge is -2.38. The summed E-state index contributed by atoms with van der Waals surface area (Å²) in [6.07, 6.45) is 1.97. The number of nitrogens with one attached hydrogen (secondary N) is 1.